The Bertz CT molecular complexity index is 516. The van der Waals surface area contributed by atoms with Gasteiger partial charge in [-0.15, -0.1) is 0 Å². The van der Waals surface area contributed by atoms with E-state index in [1.54, 1.807) is 12.4 Å². The highest BCUT2D eigenvalue weighted by Crippen LogP contribution is 2.20. The average molecular weight is 230 g/mol. The Morgan fingerprint density at radius 2 is 1.88 bits per heavy atom. The van der Waals surface area contributed by atoms with Crippen LogP contribution in [0.15, 0.2) is 24.5 Å². The summed E-state index contributed by atoms with van der Waals surface area (Å²) in [5.74, 6) is 0. The van der Waals surface area contributed by atoms with E-state index in [2.05, 4.69) is 35.7 Å². The van der Waals surface area contributed by atoms with Crippen LogP contribution in [0.2, 0.25) is 0 Å². The van der Waals surface area contributed by atoms with Crippen molar-refractivity contribution in [1.29, 1.82) is 0 Å². The van der Waals surface area contributed by atoms with Crippen LogP contribution >= 0.6 is 0 Å². The topological polar surface area (TPSA) is 64.7 Å². The van der Waals surface area contributed by atoms with Crippen molar-refractivity contribution in [1.82, 2.24) is 15.0 Å². The van der Waals surface area contributed by atoms with Crippen LogP contribution in [0.25, 0.3) is 11.2 Å². The fourth-order valence-electron chi connectivity index (χ4n) is 1.54. The van der Waals surface area contributed by atoms with Gasteiger partial charge in [-0.3, -0.25) is 4.98 Å². The molecule has 0 saturated heterocycles. The SMILES string of the molecule is CC(C)(C)C(N)Cc1ccc2nccnc2n1. The summed E-state index contributed by atoms with van der Waals surface area (Å²) in [7, 11) is 0. The second kappa shape index (κ2) is 4.37. The molecule has 0 amide bonds. The predicted molar refractivity (Wildman–Crippen MR) is 68.5 cm³/mol. The number of rotatable bonds is 2. The van der Waals surface area contributed by atoms with Crippen molar-refractivity contribution in [2.75, 3.05) is 0 Å². The maximum absolute atomic E-state index is 6.15. The quantitative estimate of drug-likeness (QED) is 0.856. The van der Waals surface area contributed by atoms with E-state index in [-0.39, 0.29) is 11.5 Å². The highest BCUT2D eigenvalue weighted by atomic mass is 14.9. The zero-order valence-corrected chi connectivity index (χ0v) is 10.5. The van der Waals surface area contributed by atoms with Crippen LogP contribution in [-0.4, -0.2) is 21.0 Å². The van der Waals surface area contributed by atoms with Crippen LogP contribution in [-0.2, 0) is 6.42 Å². The fourth-order valence-corrected chi connectivity index (χ4v) is 1.54. The second-order valence-corrected chi connectivity index (χ2v) is 5.38. The molecule has 0 aromatic carbocycles. The summed E-state index contributed by atoms with van der Waals surface area (Å²) >= 11 is 0. The number of pyridine rings is 1. The zero-order chi connectivity index (χ0) is 12.5. The summed E-state index contributed by atoms with van der Waals surface area (Å²) in [5.41, 5.74) is 8.71. The van der Waals surface area contributed by atoms with E-state index in [1.165, 1.54) is 0 Å². The van der Waals surface area contributed by atoms with Gasteiger partial charge in [-0.2, -0.15) is 0 Å². The summed E-state index contributed by atoms with van der Waals surface area (Å²) in [5, 5.41) is 0. The van der Waals surface area contributed by atoms with Crippen molar-refractivity contribution in [3.05, 3.63) is 30.2 Å². The molecule has 2 rings (SSSR count). The van der Waals surface area contributed by atoms with Crippen LogP contribution in [0.4, 0.5) is 0 Å². The molecule has 1 atom stereocenters. The molecule has 0 saturated carbocycles. The molecule has 17 heavy (non-hydrogen) atoms. The number of nitrogens with zero attached hydrogens (tertiary/aromatic N) is 3. The van der Waals surface area contributed by atoms with Gasteiger partial charge >= 0.3 is 0 Å². The first-order valence-electron chi connectivity index (χ1n) is 5.79. The van der Waals surface area contributed by atoms with Gasteiger partial charge in [0.25, 0.3) is 0 Å². The summed E-state index contributed by atoms with van der Waals surface area (Å²) in [6.07, 6.45) is 4.09. The molecule has 0 aliphatic heterocycles. The lowest BCUT2D eigenvalue weighted by atomic mass is 9.85. The minimum atomic E-state index is 0.0823. The van der Waals surface area contributed by atoms with Crippen molar-refractivity contribution < 1.29 is 0 Å². The smallest absolute Gasteiger partial charge is 0.178 e. The first kappa shape index (κ1) is 11.9. The molecule has 0 fully saturated rings. The van der Waals surface area contributed by atoms with Crippen molar-refractivity contribution in [2.24, 2.45) is 11.1 Å². The number of hydrogen-bond acceptors (Lipinski definition) is 4. The van der Waals surface area contributed by atoms with Crippen LogP contribution < -0.4 is 5.73 Å². The standard InChI is InChI=1S/C13H18N4/c1-13(2,3)11(14)8-9-4-5-10-12(17-9)16-7-6-15-10/h4-7,11H,8,14H2,1-3H3. The van der Waals surface area contributed by atoms with Crippen LogP contribution in [0.1, 0.15) is 26.5 Å². The third kappa shape index (κ3) is 2.77. The molecule has 2 aromatic heterocycles. The molecule has 90 valence electrons. The molecular weight excluding hydrogens is 212 g/mol. The van der Waals surface area contributed by atoms with Gasteiger partial charge in [-0.05, 0) is 17.5 Å². The van der Waals surface area contributed by atoms with Gasteiger partial charge < -0.3 is 5.73 Å². The van der Waals surface area contributed by atoms with Gasteiger partial charge in [0.2, 0.25) is 0 Å². The minimum Gasteiger partial charge on any atom is -0.327 e. The molecule has 0 radical (unpaired) electrons. The Morgan fingerprint density at radius 1 is 1.18 bits per heavy atom. The van der Waals surface area contributed by atoms with Crippen molar-refractivity contribution >= 4 is 11.2 Å². The summed E-state index contributed by atoms with van der Waals surface area (Å²) < 4.78 is 0. The summed E-state index contributed by atoms with van der Waals surface area (Å²) in [4.78, 5) is 12.9. The Labute approximate surface area is 101 Å². The number of nitrogens with two attached hydrogens (primary N) is 1. The van der Waals surface area contributed by atoms with Crippen molar-refractivity contribution in [3.8, 4) is 0 Å². The molecular formula is C13H18N4. The lowest BCUT2D eigenvalue weighted by Crippen LogP contribution is -2.37. The van der Waals surface area contributed by atoms with Gasteiger partial charge in [0.05, 0.1) is 0 Å². The first-order valence-corrected chi connectivity index (χ1v) is 5.79. The van der Waals surface area contributed by atoms with Crippen LogP contribution in [0.3, 0.4) is 0 Å². The number of hydrogen-bond donors (Lipinski definition) is 1. The summed E-state index contributed by atoms with van der Waals surface area (Å²) in [6.45, 7) is 6.41. The fraction of sp³-hybridized carbons (Fsp3) is 0.462. The van der Waals surface area contributed by atoms with Gasteiger partial charge in [0.1, 0.15) is 5.52 Å². The average Bonchev–Trinajstić information content (AvgIpc) is 2.27. The van der Waals surface area contributed by atoms with E-state index in [1.807, 2.05) is 12.1 Å². The first-order chi connectivity index (χ1) is 7.97. The largest absolute Gasteiger partial charge is 0.327 e. The van der Waals surface area contributed by atoms with Crippen LogP contribution in [0, 0.1) is 5.41 Å². The molecule has 4 heteroatoms. The predicted octanol–water partition coefficient (Wildman–Crippen LogP) is 1.94. The number of aromatic nitrogens is 3. The Balaban J connectivity index is 2.25. The van der Waals surface area contributed by atoms with Gasteiger partial charge in [0.15, 0.2) is 5.65 Å². The van der Waals surface area contributed by atoms with Crippen LogP contribution in [0.5, 0.6) is 0 Å². The minimum absolute atomic E-state index is 0.0823. The van der Waals surface area contributed by atoms with Gasteiger partial charge in [-0.1, -0.05) is 20.8 Å². The lowest BCUT2D eigenvalue weighted by Gasteiger charge is -2.26. The third-order valence-corrected chi connectivity index (χ3v) is 2.93. The zero-order valence-electron chi connectivity index (χ0n) is 10.5. The number of fused-ring (bicyclic) bond motifs is 1. The highest BCUT2D eigenvalue weighted by Gasteiger charge is 2.21. The van der Waals surface area contributed by atoms with Crippen molar-refractivity contribution in [2.45, 2.75) is 33.2 Å². The summed E-state index contributed by atoms with van der Waals surface area (Å²) in [6, 6.07) is 4.01. The van der Waals surface area contributed by atoms with E-state index >= 15 is 0 Å². The van der Waals surface area contributed by atoms with E-state index in [0.29, 0.717) is 5.65 Å². The Morgan fingerprint density at radius 3 is 2.59 bits per heavy atom. The third-order valence-electron chi connectivity index (χ3n) is 2.93. The molecule has 0 bridgehead atoms. The Hall–Kier alpha value is -1.55. The Kier molecular flexibility index (Phi) is 3.07. The monoisotopic (exact) mass is 230 g/mol. The lowest BCUT2D eigenvalue weighted by molar-refractivity contribution is 0.317. The molecule has 0 spiro atoms. The molecule has 0 aliphatic carbocycles. The molecule has 2 aromatic rings. The maximum atomic E-state index is 6.15. The van der Waals surface area contributed by atoms with Crippen molar-refractivity contribution in [3.63, 3.8) is 0 Å². The maximum Gasteiger partial charge on any atom is 0.178 e. The second-order valence-electron chi connectivity index (χ2n) is 5.38. The molecule has 0 aliphatic rings. The van der Waals surface area contributed by atoms with Gasteiger partial charge in [-0.25, -0.2) is 9.97 Å². The highest BCUT2D eigenvalue weighted by molar-refractivity contribution is 5.68. The van der Waals surface area contributed by atoms with E-state index in [4.69, 9.17) is 5.73 Å². The normalized spacial score (nSPS) is 13.9. The van der Waals surface area contributed by atoms with Gasteiger partial charge in [0, 0.05) is 30.6 Å². The molecule has 2 N–H and O–H groups in total. The molecule has 2 heterocycles. The molecule has 4 nitrogen and oxygen atoms in total. The van der Waals surface area contributed by atoms with E-state index in [9.17, 15) is 0 Å². The molecule has 1 unspecified atom stereocenters. The van der Waals surface area contributed by atoms with E-state index in [0.717, 1.165) is 17.6 Å². The van der Waals surface area contributed by atoms with E-state index < -0.39 is 0 Å².